The van der Waals surface area contributed by atoms with Gasteiger partial charge in [-0.15, -0.1) is 0 Å². The van der Waals surface area contributed by atoms with Crippen LogP contribution in [0.4, 0.5) is 0 Å². The minimum absolute atomic E-state index is 0.303. The van der Waals surface area contributed by atoms with Gasteiger partial charge in [0.05, 0.1) is 7.11 Å². The maximum absolute atomic E-state index is 12.2. The summed E-state index contributed by atoms with van der Waals surface area (Å²) < 4.78 is 4.79. The Bertz CT molecular complexity index is 629. The largest absolute Gasteiger partial charge is 0.467 e. The van der Waals surface area contributed by atoms with Crippen LogP contribution in [0.25, 0.3) is 0 Å². The molecular weight excluding hydrogens is 292 g/mol. The number of nitrogens with one attached hydrogen (secondary N) is 1. The first-order valence-electron chi connectivity index (χ1n) is 7.53. The molecule has 2 rings (SSSR count). The van der Waals surface area contributed by atoms with Crippen LogP contribution in [0, 0.1) is 0 Å². The Kier molecular flexibility index (Phi) is 6.29. The molecule has 1 aromatic heterocycles. The maximum Gasteiger partial charge on any atom is 0.328 e. The molecule has 0 fully saturated rings. The first-order chi connectivity index (χ1) is 11.2. The van der Waals surface area contributed by atoms with Crippen molar-refractivity contribution in [3.8, 4) is 0 Å². The number of hydrogen-bond donors (Lipinski definition) is 1. The van der Waals surface area contributed by atoms with Crippen molar-refractivity contribution >= 4 is 11.9 Å². The van der Waals surface area contributed by atoms with Crippen molar-refractivity contribution < 1.29 is 14.3 Å². The van der Waals surface area contributed by atoms with E-state index in [1.165, 1.54) is 25.1 Å². The monoisotopic (exact) mass is 312 g/mol. The smallest absolute Gasteiger partial charge is 0.328 e. The van der Waals surface area contributed by atoms with E-state index in [0.717, 1.165) is 12.8 Å². The Balaban J connectivity index is 1.92. The highest BCUT2D eigenvalue weighted by Gasteiger charge is 2.21. The van der Waals surface area contributed by atoms with Crippen molar-refractivity contribution in [2.45, 2.75) is 25.3 Å². The van der Waals surface area contributed by atoms with Crippen LogP contribution in [0.5, 0.6) is 0 Å². The second kappa shape index (κ2) is 8.68. The molecule has 0 aliphatic rings. The zero-order chi connectivity index (χ0) is 16.5. The van der Waals surface area contributed by atoms with Crippen molar-refractivity contribution in [2.24, 2.45) is 0 Å². The Morgan fingerprint density at radius 3 is 2.48 bits per heavy atom. The van der Waals surface area contributed by atoms with E-state index in [2.05, 4.69) is 10.3 Å². The summed E-state index contributed by atoms with van der Waals surface area (Å²) in [5, 5.41) is 2.73. The number of nitrogens with zero attached hydrogens (tertiary/aromatic N) is 1. The van der Waals surface area contributed by atoms with Gasteiger partial charge < -0.3 is 10.1 Å². The molecule has 5 heteroatoms. The van der Waals surface area contributed by atoms with Gasteiger partial charge >= 0.3 is 5.97 Å². The molecule has 0 aliphatic heterocycles. The third-order valence-corrected chi connectivity index (χ3v) is 3.53. The van der Waals surface area contributed by atoms with Gasteiger partial charge in [0.2, 0.25) is 0 Å². The van der Waals surface area contributed by atoms with Gasteiger partial charge in [-0.05, 0) is 37.0 Å². The highest BCUT2D eigenvalue weighted by molar-refractivity contribution is 5.96. The zero-order valence-corrected chi connectivity index (χ0v) is 13.1. The third-order valence-electron chi connectivity index (χ3n) is 3.53. The number of benzene rings is 1. The number of rotatable bonds is 7. The fourth-order valence-electron chi connectivity index (χ4n) is 2.29. The summed E-state index contributed by atoms with van der Waals surface area (Å²) in [5.41, 5.74) is 1.67. The molecule has 1 N–H and O–H groups in total. The SMILES string of the molecule is COC(=O)[C@H](CCCc1ccccc1)NC(=O)c1ccncc1. The van der Waals surface area contributed by atoms with Gasteiger partial charge in [-0.25, -0.2) is 4.79 Å². The lowest BCUT2D eigenvalue weighted by atomic mass is 10.0. The van der Waals surface area contributed by atoms with Crippen molar-refractivity contribution in [2.75, 3.05) is 7.11 Å². The molecule has 1 aromatic carbocycles. The van der Waals surface area contributed by atoms with Gasteiger partial charge in [-0.2, -0.15) is 0 Å². The minimum Gasteiger partial charge on any atom is -0.467 e. The Morgan fingerprint density at radius 1 is 1.13 bits per heavy atom. The molecule has 120 valence electrons. The van der Waals surface area contributed by atoms with E-state index < -0.39 is 12.0 Å². The topological polar surface area (TPSA) is 68.3 Å². The van der Waals surface area contributed by atoms with E-state index in [0.29, 0.717) is 12.0 Å². The number of aromatic nitrogens is 1. The molecule has 2 aromatic rings. The number of pyridine rings is 1. The van der Waals surface area contributed by atoms with Crippen molar-refractivity contribution in [3.05, 3.63) is 66.0 Å². The van der Waals surface area contributed by atoms with Gasteiger partial charge in [-0.3, -0.25) is 9.78 Å². The van der Waals surface area contributed by atoms with E-state index in [4.69, 9.17) is 4.74 Å². The van der Waals surface area contributed by atoms with Crippen LogP contribution in [0.15, 0.2) is 54.9 Å². The highest BCUT2D eigenvalue weighted by atomic mass is 16.5. The minimum atomic E-state index is -0.649. The number of carbonyl (C=O) groups excluding carboxylic acids is 2. The second-order valence-corrected chi connectivity index (χ2v) is 5.16. The Morgan fingerprint density at radius 2 is 1.83 bits per heavy atom. The number of esters is 1. The second-order valence-electron chi connectivity index (χ2n) is 5.16. The fourth-order valence-corrected chi connectivity index (χ4v) is 2.29. The molecule has 0 saturated heterocycles. The first kappa shape index (κ1) is 16.7. The van der Waals surface area contributed by atoms with Crippen molar-refractivity contribution in [3.63, 3.8) is 0 Å². The van der Waals surface area contributed by atoms with Gasteiger partial charge in [0.15, 0.2) is 0 Å². The Hall–Kier alpha value is -2.69. The van der Waals surface area contributed by atoms with E-state index in [9.17, 15) is 9.59 Å². The van der Waals surface area contributed by atoms with Gasteiger partial charge in [0.25, 0.3) is 5.91 Å². The number of ether oxygens (including phenoxy) is 1. The number of carbonyl (C=O) groups is 2. The van der Waals surface area contributed by atoms with Crippen LogP contribution in [-0.2, 0) is 16.0 Å². The molecule has 0 aliphatic carbocycles. The van der Waals surface area contributed by atoms with Crippen LogP contribution >= 0.6 is 0 Å². The highest BCUT2D eigenvalue weighted by Crippen LogP contribution is 2.08. The third kappa shape index (κ3) is 5.21. The summed E-state index contributed by atoms with van der Waals surface area (Å²) in [5.74, 6) is -0.733. The van der Waals surface area contributed by atoms with Crippen LogP contribution in [0.1, 0.15) is 28.8 Å². The van der Waals surface area contributed by atoms with Gasteiger partial charge in [-0.1, -0.05) is 30.3 Å². The molecule has 1 heterocycles. The van der Waals surface area contributed by atoms with Crippen molar-refractivity contribution in [1.82, 2.24) is 10.3 Å². The lowest BCUT2D eigenvalue weighted by molar-refractivity contribution is -0.143. The van der Waals surface area contributed by atoms with Crippen LogP contribution in [-0.4, -0.2) is 30.0 Å². The first-order valence-corrected chi connectivity index (χ1v) is 7.53. The molecular formula is C18H20N2O3. The summed E-state index contributed by atoms with van der Waals surface area (Å²) >= 11 is 0. The number of amides is 1. The average molecular weight is 312 g/mol. The zero-order valence-electron chi connectivity index (χ0n) is 13.1. The maximum atomic E-state index is 12.2. The molecule has 0 radical (unpaired) electrons. The van der Waals surface area contributed by atoms with E-state index in [1.54, 1.807) is 12.1 Å². The average Bonchev–Trinajstić information content (AvgIpc) is 2.61. The molecule has 0 spiro atoms. The van der Waals surface area contributed by atoms with Gasteiger partial charge in [0.1, 0.15) is 6.04 Å². The van der Waals surface area contributed by atoms with Crippen LogP contribution in [0.2, 0.25) is 0 Å². The molecule has 0 unspecified atom stereocenters. The number of aryl methyl sites for hydroxylation is 1. The van der Waals surface area contributed by atoms with Crippen molar-refractivity contribution in [1.29, 1.82) is 0 Å². The predicted molar refractivity (Wildman–Crippen MR) is 86.9 cm³/mol. The quantitative estimate of drug-likeness (QED) is 0.797. The summed E-state index contributed by atoms with van der Waals surface area (Å²) in [6, 6.07) is 12.6. The van der Waals surface area contributed by atoms with E-state index >= 15 is 0 Å². The van der Waals surface area contributed by atoms with Crippen LogP contribution in [0.3, 0.4) is 0 Å². The summed E-state index contributed by atoms with van der Waals surface area (Å²) in [7, 11) is 1.32. The van der Waals surface area contributed by atoms with E-state index in [1.807, 2.05) is 30.3 Å². The molecule has 0 saturated carbocycles. The van der Waals surface area contributed by atoms with Gasteiger partial charge in [0, 0.05) is 18.0 Å². The standard InChI is InChI=1S/C18H20N2O3/c1-23-18(22)16(9-5-8-14-6-3-2-4-7-14)20-17(21)15-10-12-19-13-11-15/h2-4,6-7,10-13,16H,5,8-9H2,1H3,(H,20,21)/t16-/m0/s1. The van der Waals surface area contributed by atoms with Crippen LogP contribution < -0.4 is 5.32 Å². The fraction of sp³-hybridized carbons (Fsp3) is 0.278. The summed E-state index contributed by atoms with van der Waals surface area (Å²) in [4.78, 5) is 27.9. The molecule has 1 atom stereocenters. The summed E-state index contributed by atoms with van der Waals surface area (Å²) in [6.45, 7) is 0. The predicted octanol–water partition coefficient (Wildman–Crippen LogP) is 2.38. The lowest BCUT2D eigenvalue weighted by Crippen LogP contribution is -2.41. The summed E-state index contributed by atoms with van der Waals surface area (Å²) in [6.07, 6.45) is 5.23. The molecule has 5 nitrogen and oxygen atoms in total. The normalized spacial score (nSPS) is 11.5. The molecule has 1 amide bonds. The van der Waals surface area contributed by atoms with E-state index in [-0.39, 0.29) is 5.91 Å². The number of hydrogen-bond acceptors (Lipinski definition) is 4. The molecule has 23 heavy (non-hydrogen) atoms. The lowest BCUT2D eigenvalue weighted by Gasteiger charge is -2.16. The number of methoxy groups -OCH3 is 1. The Labute approximate surface area is 135 Å². The molecule has 0 bridgehead atoms.